The average molecular weight is 296 g/mol. The van der Waals surface area contributed by atoms with Crippen LogP contribution in [0.4, 0.5) is 10.1 Å². The third-order valence-electron chi connectivity index (χ3n) is 3.83. The van der Waals surface area contributed by atoms with Gasteiger partial charge in [-0.05, 0) is 31.9 Å². The van der Waals surface area contributed by atoms with Crippen LogP contribution in [0, 0.1) is 15.9 Å². The summed E-state index contributed by atoms with van der Waals surface area (Å²) in [7, 11) is 1.59. The van der Waals surface area contributed by atoms with E-state index in [9.17, 15) is 19.3 Å². The van der Waals surface area contributed by atoms with Crippen LogP contribution in [-0.4, -0.2) is 41.5 Å². The maximum absolute atomic E-state index is 13.3. The molecular formula is C14H17FN2O4. The van der Waals surface area contributed by atoms with Crippen molar-refractivity contribution in [3.63, 3.8) is 0 Å². The van der Waals surface area contributed by atoms with E-state index in [1.165, 1.54) is 6.07 Å². The fourth-order valence-electron chi connectivity index (χ4n) is 2.51. The molecule has 1 saturated heterocycles. The fraction of sp³-hybridized carbons (Fsp3) is 0.500. The second kappa shape index (κ2) is 5.77. The van der Waals surface area contributed by atoms with E-state index in [1.54, 1.807) is 12.0 Å². The summed E-state index contributed by atoms with van der Waals surface area (Å²) in [6, 6.07) is 3.20. The Balaban J connectivity index is 2.24. The Labute approximate surface area is 121 Å². The highest BCUT2D eigenvalue weighted by atomic mass is 19.1. The molecule has 0 aromatic heterocycles. The van der Waals surface area contributed by atoms with E-state index in [2.05, 4.69) is 0 Å². The maximum atomic E-state index is 13.3. The largest absolute Gasteiger partial charge is 0.377 e. The van der Waals surface area contributed by atoms with Crippen LogP contribution in [0.2, 0.25) is 0 Å². The second-order valence-electron chi connectivity index (χ2n) is 5.41. The normalized spacial score (nSPS) is 22.1. The number of halogens is 1. The molecule has 2 rings (SSSR count). The molecular weight excluding hydrogens is 279 g/mol. The Hall–Kier alpha value is -2.02. The fourth-order valence-corrected chi connectivity index (χ4v) is 2.51. The van der Waals surface area contributed by atoms with Gasteiger partial charge in [-0.25, -0.2) is 0 Å². The Morgan fingerprint density at radius 1 is 1.52 bits per heavy atom. The topological polar surface area (TPSA) is 72.7 Å². The van der Waals surface area contributed by atoms with E-state index in [0.29, 0.717) is 13.1 Å². The Kier molecular flexibility index (Phi) is 4.22. The molecule has 21 heavy (non-hydrogen) atoms. The number of nitro groups is 1. The van der Waals surface area contributed by atoms with Crippen molar-refractivity contribution in [3.05, 3.63) is 39.7 Å². The summed E-state index contributed by atoms with van der Waals surface area (Å²) in [5, 5.41) is 10.7. The van der Waals surface area contributed by atoms with Gasteiger partial charge in [0.15, 0.2) is 0 Å². The van der Waals surface area contributed by atoms with E-state index >= 15 is 0 Å². The van der Waals surface area contributed by atoms with Crippen LogP contribution in [-0.2, 0) is 4.74 Å². The molecule has 0 aliphatic carbocycles. The number of amides is 1. The molecule has 1 aromatic rings. The number of rotatable bonds is 3. The Morgan fingerprint density at radius 2 is 2.24 bits per heavy atom. The van der Waals surface area contributed by atoms with Gasteiger partial charge in [0, 0.05) is 31.8 Å². The molecule has 1 atom stereocenters. The number of likely N-dealkylation sites (tertiary alicyclic amines) is 1. The van der Waals surface area contributed by atoms with Gasteiger partial charge in [-0.2, -0.15) is 4.39 Å². The van der Waals surface area contributed by atoms with E-state index in [-0.39, 0.29) is 11.5 Å². The summed E-state index contributed by atoms with van der Waals surface area (Å²) in [5.74, 6) is -1.29. The molecule has 1 aliphatic heterocycles. The zero-order valence-corrected chi connectivity index (χ0v) is 12.0. The number of carbonyl (C=O) groups excluding carboxylic acids is 1. The van der Waals surface area contributed by atoms with Crippen LogP contribution >= 0.6 is 0 Å². The van der Waals surface area contributed by atoms with Gasteiger partial charge in [0.25, 0.3) is 5.91 Å². The molecule has 0 bridgehead atoms. The first-order chi connectivity index (χ1) is 9.86. The number of carbonyl (C=O) groups is 1. The summed E-state index contributed by atoms with van der Waals surface area (Å²) < 4.78 is 18.7. The molecule has 1 amide bonds. The van der Waals surface area contributed by atoms with Crippen LogP contribution in [0.5, 0.6) is 0 Å². The number of ether oxygens (including phenoxy) is 1. The van der Waals surface area contributed by atoms with Crippen molar-refractivity contribution in [3.8, 4) is 0 Å². The van der Waals surface area contributed by atoms with E-state index in [1.807, 2.05) is 6.92 Å². The average Bonchev–Trinajstić information content (AvgIpc) is 2.47. The molecule has 0 radical (unpaired) electrons. The van der Waals surface area contributed by atoms with Crippen molar-refractivity contribution >= 4 is 11.6 Å². The van der Waals surface area contributed by atoms with Gasteiger partial charge in [0.05, 0.1) is 10.5 Å². The highest BCUT2D eigenvalue weighted by Crippen LogP contribution is 2.26. The highest BCUT2D eigenvalue weighted by Gasteiger charge is 2.33. The first-order valence-electron chi connectivity index (χ1n) is 6.65. The summed E-state index contributed by atoms with van der Waals surface area (Å²) in [4.78, 5) is 23.9. The predicted molar refractivity (Wildman–Crippen MR) is 73.6 cm³/mol. The number of hydrogen-bond donors (Lipinski definition) is 0. The molecule has 1 aromatic carbocycles. The molecule has 1 fully saturated rings. The first kappa shape index (κ1) is 15.4. The monoisotopic (exact) mass is 296 g/mol. The Bertz CT molecular complexity index is 578. The summed E-state index contributed by atoms with van der Waals surface area (Å²) in [5.41, 5.74) is -0.990. The predicted octanol–water partition coefficient (Wildman–Crippen LogP) is 2.38. The van der Waals surface area contributed by atoms with Gasteiger partial charge in [-0.15, -0.1) is 0 Å². The van der Waals surface area contributed by atoms with Crippen LogP contribution < -0.4 is 0 Å². The third-order valence-corrected chi connectivity index (χ3v) is 3.83. The van der Waals surface area contributed by atoms with Crippen molar-refractivity contribution in [1.82, 2.24) is 4.90 Å². The Morgan fingerprint density at radius 3 is 2.86 bits per heavy atom. The molecule has 7 heteroatoms. The van der Waals surface area contributed by atoms with Gasteiger partial charge in [0.1, 0.15) is 0 Å². The molecule has 1 heterocycles. The van der Waals surface area contributed by atoms with Crippen molar-refractivity contribution < 1.29 is 18.8 Å². The quantitative estimate of drug-likeness (QED) is 0.634. The van der Waals surface area contributed by atoms with Gasteiger partial charge in [-0.1, -0.05) is 0 Å². The minimum Gasteiger partial charge on any atom is -0.377 e. The maximum Gasteiger partial charge on any atom is 0.305 e. The van der Waals surface area contributed by atoms with Gasteiger partial charge >= 0.3 is 5.69 Å². The summed E-state index contributed by atoms with van der Waals surface area (Å²) >= 11 is 0. The van der Waals surface area contributed by atoms with Crippen molar-refractivity contribution in [2.75, 3.05) is 20.2 Å². The van der Waals surface area contributed by atoms with E-state index in [4.69, 9.17) is 4.74 Å². The lowest BCUT2D eigenvalue weighted by atomic mass is 9.94. The number of benzene rings is 1. The van der Waals surface area contributed by atoms with Crippen LogP contribution in [0.3, 0.4) is 0 Å². The lowest BCUT2D eigenvalue weighted by Crippen LogP contribution is -2.49. The highest BCUT2D eigenvalue weighted by molar-refractivity contribution is 5.95. The number of methoxy groups -OCH3 is 1. The van der Waals surface area contributed by atoms with Crippen LogP contribution in [0.1, 0.15) is 30.1 Å². The number of hydrogen-bond acceptors (Lipinski definition) is 4. The number of piperidine rings is 1. The van der Waals surface area contributed by atoms with Gasteiger partial charge in [-0.3, -0.25) is 14.9 Å². The van der Waals surface area contributed by atoms with Crippen molar-refractivity contribution in [2.45, 2.75) is 25.4 Å². The minimum atomic E-state index is -0.947. The molecule has 1 unspecified atom stereocenters. The minimum absolute atomic E-state index is 0.114. The molecule has 114 valence electrons. The smallest absolute Gasteiger partial charge is 0.305 e. The summed E-state index contributed by atoms with van der Waals surface area (Å²) in [6.07, 6.45) is 1.64. The SMILES string of the molecule is COC1(C)CCCN(C(=O)c2ccc(F)c([N+](=O)[O-])c2)C1. The zero-order chi connectivity index (χ0) is 15.6. The lowest BCUT2D eigenvalue weighted by molar-refractivity contribution is -0.387. The molecule has 0 spiro atoms. The number of nitro benzene ring substituents is 1. The van der Waals surface area contributed by atoms with Crippen LogP contribution in [0.15, 0.2) is 18.2 Å². The molecule has 1 aliphatic rings. The van der Waals surface area contributed by atoms with Crippen molar-refractivity contribution in [2.24, 2.45) is 0 Å². The first-order valence-corrected chi connectivity index (χ1v) is 6.65. The van der Waals surface area contributed by atoms with Gasteiger partial charge < -0.3 is 9.64 Å². The zero-order valence-electron chi connectivity index (χ0n) is 12.0. The molecule has 6 nitrogen and oxygen atoms in total. The molecule has 0 saturated carbocycles. The third kappa shape index (κ3) is 3.18. The van der Waals surface area contributed by atoms with Crippen molar-refractivity contribution in [1.29, 1.82) is 0 Å². The van der Waals surface area contributed by atoms with E-state index in [0.717, 1.165) is 25.0 Å². The number of nitrogens with zero attached hydrogens (tertiary/aromatic N) is 2. The van der Waals surface area contributed by atoms with E-state index < -0.39 is 22.0 Å². The van der Waals surface area contributed by atoms with Gasteiger partial charge in [0.2, 0.25) is 5.82 Å². The second-order valence-corrected chi connectivity index (χ2v) is 5.41. The lowest BCUT2D eigenvalue weighted by Gasteiger charge is -2.39. The van der Waals surface area contributed by atoms with Crippen LogP contribution in [0.25, 0.3) is 0 Å². The molecule has 0 N–H and O–H groups in total. The summed E-state index contributed by atoms with van der Waals surface area (Å²) in [6.45, 7) is 2.88. The standard InChI is InChI=1S/C14H17FN2O4/c1-14(21-2)6-3-7-16(9-14)13(18)10-4-5-11(15)12(8-10)17(19)20/h4-5,8H,3,6-7,9H2,1-2H3.